The lowest BCUT2D eigenvalue weighted by molar-refractivity contribution is 0.0943. The minimum Gasteiger partial charge on any atom is -0.444 e. The number of aryl methyl sites for hydroxylation is 2. The lowest BCUT2D eigenvalue weighted by Crippen LogP contribution is -2.24. The van der Waals surface area contributed by atoms with E-state index in [-0.39, 0.29) is 17.9 Å². The summed E-state index contributed by atoms with van der Waals surface area (Å²) in [6.45, 7) is 3.70. The molecular weight excluding hydrogens is 263 g/mol. The van der Waals surface area contributed by atoms with Gasteiger partial charge in [-0.1, -0.05) is 0 Å². The molecule has 0 fully saturated rings. The van der Waals surface area contributed by atoms with Crippen LogP contribution in [0.4, 0.5) is 10.2 Å². The minimum absolute atomic E-state index is 0.0282. The maximum atomic E-state index is 13.9. The number of anilines is 1. The average Bonchev–Trinajstić information content (AvgIpc) is 2.75. The van der Waals surface area contributed by atoms with Gasteiger partial charge in [0.05, 0.1) is 17.8 Å². The van der Waals surface area contributed by atoms with Crippen LogP contribution in [0.1, 0.15) is 27.7 Å². The van der Waals surface area contributed by atoms with Crippen molar-refractivity contribution < 1.29 is 13.6 Å². The Bertz CT molecular complexity index is 620. The first kappa shape index (κ1) is 14.0. The molecule has 0 saturated heterocycles. The maximum Gasteiger partial charge on any atom is 0.254 e. The van der Waals surface area contributed by atoms with Crippen molar-refractivity contribution in [2.45, 2.75) is 20.4 Å². The van der Waals surface area contributed by atoms with Gasteiger partial charge in [0.25, 0.3) is 5.91 Å². The fourth-order valence-electron chi connectivity index (χ4n) is 1.66. The SMILES string of the molecule is CNc1nccc(C(=O)NCc2nc(C)c(C)o2)c1F. The van der Waals surface area contributed by atoms with Gasteiger partial charge in [0.1, 0.15) is 5.76 Å². The van der Waals surface area contributed by atoms with Gasteiger partial charge in [-0.05, 0) is 19.9 Å². The van der Waals surface area contributed by atoms with Crippen LogP contribution in [0.2, 0.25) is 0 Å². The zero-order valence-electron chi connectivity index (χ0n) is 11.5. The molecule has 0 aliphatic rings. The molecule has 0 spiro atoms. The molecule has 0 bridgehead atoms. The van der Waals surface area contributed by atoms with Crippen LogP contribution >= 0.6 is 0 Å². The Hall–Kier alpha value is -2.44. The molecule has 2 aromatic heterocycles. The van der Waals surface area contributed by atoms with E-state index in [1.165, 1.54) is 19.3 Å². The molecule has 20 heavy (non-hydrogen) atoms. The van der Waals surface area contributed by atoms with Gasteiger partial charge >= 0.3 is 0 Å². The molecule has 2 aromatic rings. The summed E-state index contributed by atoms with van der Waals surface area (Å²) >= 11 is 0. The van der Waals surface area contributed by atoms with E-state index >= 15 is 0 Å². The largest absolute Gasteiger partial charge is 0.444 e. The lowest BCUT2D eigenvalue weighted by Gasteiger charge is -2.06. The summed E-state index contributed by atoms with van der Waals surface area (Å²) in [4.78, 5) is 19.8. The number of hydrogen-bond donors (Lipinski definition) is 2. The minimum atomic E-state index is -0.688. The molecule has 0 saturated carbocycles. The van der Waals surface area contributed by atoms with E-state index in [4.69, 9.17) is 4.42 Å². The lowest BCUT2D eigenvalue weighted by atomic mass is 10.2. The highest BCUT2D eigenvalue weighted by atomic mass is 19.1. The zero-order valence-corrected chi connectivity index (χ0v) is 11.5. The number of carbonyl (C=O) groups excluding carboxylic acids is 1. The number of nitrogens with zero attached hydrogens (tertiary/aromatic N) is 2. The predicted molar refractivity (Wildman–Crippen MR) is 70.9 cm³/mol. The Morgan fingerprint density at radius 2 is 2.20 bits per heavy atom. The smallest absolute Gasteiger partial charge is 0.254 e. The highest BCUT2D eigenvalue weighted by Gasteiger charge is 2.16. The van der Waals surface area contributed by atoms with Crippen molar-refractivity contribution >= 4 is 11.7 Å². The number of oxazole rings is 1. The summed E-state index contributed by atoms with van der Waals surface area (Å²) < 4.78 is 19.2. The summed E-state index contributed by atoms with van der Waals surface area (Å²) in [7, 11) is 1.53. The van der Waals surface area contributed by atoms with Gasteiger partial charge < -0.3 is 15.1 Å². The van der Waals surface area contributed by atoms with Crippen molar-refractivity contribution in [3.05, 3.63) is 41.0 Å². The summed E-state index contributed by atoms with van der Waals surface area (Å²) in [6, 6.07) is 1.32. The molecule has 7 heteroatoms. The first-order chi connectivity index (χ1) is 9.52. The molecule has 0 aliphatic heterocycles. The number of hydrogen-bond acceptors (Lipinski definition) is 5. The van der Waals surface area contributed by atoms with Crippen LogP contribution in [0.5, 0.6) is 0 Å². The normalized spacial score (nSPS) is 10.4. The Balaban J connectivity index is 2.09. The molecule has 2 heterocycles. The third kappa shape index (κ3) is 2.76. The van der Waals surface area contributed by atoms with E-state index in [0.29, 0.717) is 11.7 Å². The summed E-state index contributed by atoms with van der Waals surface area (Å²) in [5.41, 5.74) is 0.686. The van der Waals surface area contributed by atoms with Crippen LogP contribution < -0.4 is 10.6 Å². The second kappa shape index (κ2) is 5.68. The topological polar surface area (TPSA) is 80.0 Å². The molecular formula is C13H15FN4O2. The molecule has 106 valence electrons. The third-order valence-electron chi connectivity index (χ3n) is 2.84. The number of nitrogens with one attached hydrogen (secondary N) is 2. The first-order valence-corrected chi connectivity index (χ1v) is 6.06. The average molecular weight is 278 g/mol. The molecule has 2 rings (SSSR count). The third-order valence-corrected chi connectivity index (χ3v) is 2.84. The molecule has 0 atom stereocenters. The molecule has 0 aliphatic carbocycles. The van der Waals surface area contributed by atoms with Crippen LogP contribution in [-0.2, 0) is 6.54 Å². The molecule has 1 amide bonds. The highest BCUT2D eigenvalue weighted by Crippen LogP contribution is 2.14. The van der Waals surface area contributed by atoms with Crippen molar-refractivity contribution in [3.63, 3.8) is 0 Å². The number of amides is 1. The van der Waals surface area contributed by atoms with Crippen LogP contribution in [0.3, 0.4) is 0 Å². The Morgan fingerprint density at radius 3 is 2.80 bits per heavy atom. The van der Waals surface area contributed by atoms with E-state index in [1.807, 2.05) is 6.92 Å². The van der Waals surface area contributed by atoms with E-state index in [2.05, 4.69) is 20.6 Å². The fraction of sp³-hybridized carbons (Fsp3) is 0.308. The monoisotopic (exact) mass is 278 g/mol. The Morgan fingerprint density at radius 1 is 1.45 bits per heavy atom. The summed E-state index contributed by atoms with van der Waals surface area (Å²) in [6.07, 6.45) is 1.36. The van der Waals surface area contributed by atoms with E-state index in [9.17, 15) is 9.18 Å². The van der Waals surface area contributed by atoms with Gasteiger partial charge in [0, 0.05) is 13.2 Å². The van der Waals surface area contributed by atoms with Gasteiger partial charge in [0.2, 0.25) is 5.89 Å². The zero-order chi connectivity index (χ0) is 14.7. The van der Waals surface area contributed by atoms with Crippen LogP contribution in [0.25, 0.3) is 0 Å². The predicted octanol–water partition coefficient (Wildman–Crippen LogP) is 1.80. The van der Waals surface area contributed by atoms with Crippen molar-refractivity contribution in [3.8, 4) is 0 Å². The van der Waals surface area contributed by atoms with E-state index < -0.39 is 11.7 Å². The standard InChI is InChI=1S/C13H15FN4O2/c1-7-8(2)20-10(18-7)6-17-13(19)9-4-5-16-12(15-3)11(9)14/h4-5H,6H2,1-3H3,(H,15,16)(H,17,19). The van der Waals surface area contributed by atoms with Gasteiger partial charge in [-0.3, -0.25) is 4.79 Å². The van der Waals surface area contributed by atoms with E-state index in [1.54, 1.807) is 6.92 Å². The molecule has 0 radical (unpaired) electrons. The number of rotatable bonds is 4. The number of aromatic nitrogens is 2. The molecule has 0 aromatic carbocycles. The van der Waals surface area contributed by atoms with Gasteiger partial charge in [-0.2, -0.15) is 0 Å². The number of halogens is 1. The molecule has 0 unspecified atom stereocenters. The van der Waals surface area contributed by atoms with Gasteiger partial charge in [0.15, 0.2) is 11.6 Å². The van der Waals surface area contributed by atoms with Crippen molar-refractivity contribution in [2.75, 3.05) is 12.4 Å². The summed E-state index contributed by atoms with van der Waals surface area (Å²) in [5.74, 6) is -0.124. The van der Waals surface area contributed by atoms with Gasteiger partial charge in [-0.15, -0.1) is 0 Å². The summed E-state index contributed by atoms with van der Waals surface area (Å²) in [5, 5.41) is 5.14. The van der Waals surface area contributed by atoms with Crippen molar-refractivity contribution in [1.82, 2.24) is 15.3 Å². The highest BCUT2D eigenvalue weighted by molar-refractivity contribution is 5.95. The second-order valence-corrected chi connectivity index (χ2v) is 4.20. The molecule has 6 nitrogen and oxygen atoms in total. The first-order valence-electron chi connectivity index (χ1n) is 6.06. The van der Waals surface area contributed by atoms with Gasteiger partial charge in [-0.25, -0.2) is 14.4 Å². The Labute approximate surface area is 115 Å². The van der Waals surface area contributed by atoms with Crippen LogP contribution in [0, 0.1) is 19.7 Å². The maximum absolute atomic E-state index is 13.9. The Kier molecular flexibility index (Phi) is 3.97. The quantitative estimate of drug-likeness (QED) is 0.891. The fourth-order valence-corrected chi connectivity index (χ4v) is 1.66. The molecule has 2 N–H and O–H groups in total. The van der Waals surface area contributed by atoms with E-state index in [0.717, 1.165) is 5.69 Å². The number of carbonyl (C=O) groups is 1. The van der Waals surface area contributed by atoms with Crippen molar-refractivity contribution in [1.29, 1.82) is 0 Å². The van der Waals surface area contributed by atoms with Crippen molar-refractivity contribution in [2.24, 2.45) is 0 Å². The second-order valence-electron chi connectivity index (χ2n) is 4.20. The van der Waals surface area contributed by atoms with Crippen LogP contribution in [-0.4, -0.2) is 22.9 Å². The van der Waals surface area contributed by atoms with Crippen LogP contribution in [0.15, 0.2) is 16.7 Å². The number of pyridine rings is 1.